The quantitative estimate of drug-likeness (QED) is 0.593. The van der Waals surface area contributed by atoms with E-state index in [1.165, 1.54) is 0 Å². The molecule has 7 heteroatoms. The van der Waals surface area contributed by atoms with Gasteiger partial charge in [-0.15, -0.1) is 11.3 Å². The summed E-state index contributed by atoms with van der Waals surface area (Å²) < 4.78 is 3.74. The predicted molar refractivity (Wildman–Crippen MR) is 104 cm³/mol. The van der Waals surface area contributed by atoms with E-state index in [-0.39, 0.29) is 11.9 Å². The summed E-state index contributed by atoms with van der Waals surface area (Å²) in [7, 11) is 0. The Morgan fingerprint density at radius 1 is 1.27 bits per heavy atom. The van der Waals surface area contributed by atoms with Gasteiger partial charge in [0.05, 0.1) is 11.4 Å². The maximum Gasteiger partial charge on any atom is 0.248 e. The number of carbonyl (C=O) groups excluding carboxylic acids is 1. The first-order valence-electron chi connectivity index (χ1n) is 8.37. The standard InChI is InChI=1S/C19H19N5OS/c1-12-9-13(2)24(22-12)14(3)18(25)20-16-6-4-5-15(10-16)17-11-23-7-8-26-19(23)21-17/h4-11,14H,1-3H3,(H,20,25). The second-order valence-corrected chi connectivity index (χ2v) is 7.21. The lowest BCUT2D eigenvalue weighted by molar-refractivity contribution is -0.119. The molecule has 0 aliphatic heterocycles. The van der Waals surface area contributed by atoms with Gasteiger partial charge in [-0.3, -0.25) is 13.9 Å². The van der Waals surface area contributed by atoms with Crippen LogP contribution in [0.2, 0.25) is 0 Å². The summed E-state index contributed by atoms with van der Waals surface area (Å²) in [5.41, 5.74) is 4.48. The molecule has 1 amide bonds. The van der Waals surface area contributed by atoms with Crippen molar-refractivity contribution in [2.45, 2.75) is 26.8 Å². The van der Waals surface area contributed by atoms with E-state index in [9.17, 15) is 4.79 Å². The number of imidazole rings is 1. The fourth-order valence-electron chi connectivity index (χ4n) is 3.02. The van der Waals surface area contributed by atoms with Crippen molar-refractivity contribution >= 4 is 27.9 Å². The fraction of sp³-hybridized carbons (Fsp3) is 0.211. The highest BCUT2D eigenvalue weighted by atomic mass is 32.1. The monoisotopic (exact) mass is 365 g/mol. The number of nitrogens with one attached hydrogen (secondary N) is 1. The predicted octanol–water partition coefficient (Wildman–Crippen LogP) is 4.08. The summed E-state index contributed by atoms with van der Waals surface area (Å²) in [4.78, 5) is 18.2. The molecule has 26 heavy (non-hydrogen) atoms. The van der Waals surface area contributed by atoms with Crippen molar-refractivity contribution in [3.05, 3.63) is 59.5 Å². The molecule has 1 N–H and O–H groups in total. The molecule has 0 saturated carbocycles. The van der Waals surface area contributed by atoms with Gasteiger partial charge in [-0.1, -0.05) is 12.1 Å². The van der Waals surface area contributed by atoms with Crippen LogP contribution in [0.3, 0.4) is 0 Å². The molecular formula is C19H19N5OS. The van der Waals surface area contributed by atoms with Crippen LogP contribution < -0.4 is 5.32 Å². The van der Waals surface area contributed by atoms with Gasteiger partial charge in [0.25, 0.3) is 0 Å². The van der Waals surface area contributed by atoms with Crippen molar-refractivity contribution < 1.29 is 4.79 Å². The van der Waals surface area contributed by atoms with Gasteiger partial charge in [0.2, 0.25) is 5.91 Å². The largest absolute Gasteiger partial charge is 0.324 e. The molecule has 0 spiro atoms. The third-order valence-corrected chi connectivity index (χ3v) is 5.08. The Bertz CT molecular complexity index is 1060. The second kappa shape index (κ2) is 6.42. The van der Waals surface area contributed by atoms with Crippen LogP contribution in [0.15, 0.2) is 48.1 Å². The summed E-state index contributed by atoms with van der Waals surface area (Å²) in [5.74, 6) is -0.0980. The lowest BCUT2D eigenvalue weighted by atomic mass is 10.1. The number of thiazole rings is 1. The molecule has 1 aromatic carbocycles. The number of aromatic nitrogens is 4. The van der Waals surface area contributed by atoms with Gasteiger partial charge < -0.3 is 5.32 Å². The zero-order valence-corrected chi connectivity index (χ0v) is 15.6. The molecule has 132 valence electrons. The van der Waals surface area contributed by atoms with E-state index in [1.54, 1.807) is 16.0 Å². The lowest BCUT2D eigenvalue weighted by Gasteiger charge is -2.15. The number of anilines is 1. The molecular weight excluding hydrogens is 346 g/mol. The summed E-state index contributed by atoms with van der Waals surface area (Å²) in [5, 5.41) is 9.39. The molecule has 1 unspecified atom stereocenters. The van der Waals surface area contributed by atoms with E-state index in [4.69, 9.17) is 0 Å². The Kier molecular flexibility index (Phi) is 4.08. The summed E-state index contributed by atoms with van der Waals surface area (Å²) in [6, 6.07) is 9.32. The second-order valence-electron chi connectivity index (χ2n) is 6.34. The van der Waals surface area contributed by atoms with E-state index < -0.39 is 0 Å². The summed E-state index contributed by atoms with van der Waals surface area (Å²) in [6.07, 6.45) is 3.98. The minimum Gasteiger partial charge on any atom is -0.324 e. The van der Waals surface area contributed by atoms with Gasteiger partial charge >= 0.3 is 0 Å². The van der Waals surface area contributed by atoms with Crippen molar-refractivity contribution in [1.29, 1.82) is 0 Å². The maximum absolute atomic E-state index is 12.6. The number of benzene rings is 1. The number of nitrogens with zero attached hydrogens (tertiary/aromatic N) is 4. The van der Waals surface area contributed by atoms with Gasteiger partial charge in [-0.25, -0.2) is 4.98 Å². The molecule has 0 aliphatic rings. The third kappa shape index (κ3) is 3.01. The van der Waals surface area contributed by atoms with E-state index in [0.29, 0.717) is 0 Å². The molecule has 0 fully saturated rings. The molecule has 4 aromatic rings. The number of fused-ring (bicyclic) bond motifs is 1. The minimum absolute atomic E-state index is 0.0980. The molecule has 0 aliphatic carbocycles. The highest BCUT2D eigenvalue weighted by Gasteiger charge is 2.18. The van der Waals surface area contributed by atoms with E-state index in [2.05, 4.69) is 15.4 Å². The summed E-state index contributed by atoms with van der Waals surface area (Å²) >= 11 is 1.59. The molecule has 0 saturated heterocycles. The number of rotatable bonds is 4. The van der Waals surface area contributed by atoms with Crippen LogP contribution in [0.25, 0.3) is 16.2 Å². The zero-order chi connectivity index (χ0) is 18.3. The van der Waals surface area contributed by atoms with Gasteiger partial charge in [-0.05, 0) is 39.0 Å². The molecule has 0 bridgehead atoms. The van der Waals surface area contributed by atoms with Crippen LogP contribution in [0, 0.1) is 13.8 Å². The molecule has 3 aromatic heterocycles. The number of hydrogen-bond acceptors (Lipinski definition) is 4. The topological polar surface area (TPSA) is 64.2 Å². The molecule has 1 atom stereocenters. The number of carbonyl (C=O) groups is 1. The van der Waals surface area contributed by atoms with Gasteiger partial charge in [0.15, 0.2) is 4.96 Å². The normalized spacial score (nSPS) is 12.4. The first kappa shape index (κ1) is 16.5. The van der Waals surface area contributed by atoms with Crippen LogP contribution >= 0.6 is 11.3 Å². The van der Waals surface area contributed by atoms with Crippen LogP contribution in [0.1, 0.15) is 24.4 Å². The molecule has 3 heterocycles. The van der Waals surface area contributed by atoms with E-state index in [0.717, 1.165) is 33.3 Å². The van der Waals surface area contributed by atoms with Gasteiger partial charge in [0.1, 0.15) is 6.04 Å². The van der Waals surface area contributed by atoms with Crippen molar-refractivity contribution in [1.82, 2.24) is 19.2 Å². The smallest absolute Gasteiger partial charge is 0.248 e. The van der Waals surface area contributed by atoms with Crippen molar-refractivity contribution in [3.8, 4) is 11.3 Å². The van der Waals surface area contributed by atoms with Crippen LogP contribution in [0.5, 0.6) is 0 Å². The third-order valence-electron chi connectivity index (χ3n) is 4.31. The molecule has 4 rings (SSSR count). The Hall–Kier alpha value is -2.93. The minimum atomic E-state index is -0.384. The number of hydrogen-bond donors (Lipinski definition) is 1. The Labute approximate surface area is 155 Å². The van der Waals surface area contributed by atoms with E-state index >= 15 is 0 Å². The first-order chi connectivity index (χ1) is 12.5. The highest BCUT2D eigenvalue weighted by molar-refractivity contribution is 7.15. The maximum atomic E-state index is 12.6. The van der Waals surface area contributed by atoms with Crippen LogP contribution in [-0.4, -0.2) is 25.1 Å². The lowest BCUT2D eigenvalue weighted by Crippen LogP contribution is -2.25. The van der Waals surface area contributed by atoms with Gasteiger partial charge in [-0.2, -0.15) is 5.10 Å². The highest BCUT2D eigenvalue weighted by Crippen LogP contribution is 2.24. The zero-order valence-electron chi connectivity index (χ0n) is 14.8. The average Bonchev–Trinajstić information content (AvgIpc) is 3.28. The van der Waals surface area contributed by atoms with Crippen molar-refractivity contribution in [3.63, 3.8) is 0 Å². The van der Waals surface area contributed by atoms with Crippen LogP contribution in [-0.2, 0) is 4.79 Å². The number of amides is 1. The first-order valence-corrected chi connectivity index (χ1v) is 9.25. The fourth-order valence-corrected chi connectivity index (χ4v) is 3.72. The molecule has 0 radical (unpaired) electrons. The summed E-state index contributed by atoms with van der Waals surface area (Å²) in [6.45, 7) is 5.73. The molecule has 6 nitrogen and oxygen atoms in total. The van der Waals surface area contributed by atoms with Crippen molar-refractivity contribution in [2.75, 3.05) is 5.32 Å². The SMILES string of the molecule is Cc1cc(C)n(C(C)C(=O)Nc2cccc(-c3cn4ccsc4n3)c2)n1. The Morgan fingerprint density at radius 2 is 2.12 bits per heavy atom. The van der Waals surface area contributed by atoms with Gasteiger partial charge in [0, 0.05) is 34.7 Å². The van der Waals surface area contributed by atoms with Crippen LogP contribution in [0.4, 0.5) is 5.69 Å². The van der Waals surface area contributed by atoms with Crippen molar-refractivity contribution in [2.24, 2.45) is 0 Å². The Morgan fingerprint density at radius 3 is 2.85 bits per heavy atom. The number of aryl methyl sites for hydroxylation is 2. The van der Waals surface area contributed by atoms with E-state index in [1.807, 2.05) is 73.3 Å². The average molecular weight is 365 g/mol. The Balaban J connectivity index is 1.55.